The third-order valence-electron chi connectivity index (χ3n) is 2.50. The van der Waals surface area contributed by atoms with Gasteiger partial charge in [-0.25, -0.2) is 4.39 Å². The van der Waals surface area contributed by atoms with E-state index in [1.54, 1.807) is 12.1 Å². The van der Waals surface area contributed by atoms with Gasteiger partial charge in [0, 0.05) is 19.7 Å². The summed E-state index contributed by atoms with van der Waals surface area (Å²) in [6.07, 6.45) is -0.0587. The lowest BCUT2D eigenvalue weighted by Crippen LogP contribution is -2.34. The maximum Gasteiger partial charge on any atom is 0.222 e. The van der Waals surface area contributed by atoms with Crippen LogP contribution in [0.2, 0.25) is 0 Å². The molecule has 114 valence electrons. The molecule has 3 N–H and O–H groups in total. The third kappa shape index (κ3) is 7.28. The number of benzene rings is 1. The summed E-state index contributed by atoms with van der Waals surface area (Å²) in [5.41, 5.74) is 5.41. The first-order valence-corrected chi connectivity index (χ1v) is 6.03. The molecule has 0 aliphatic heterocycles. The van der Waals surface area contributed by atoms with E-state index in [0.29, 0.717) is 18.8 Å². The summed E-state index contributed by atoms with van der Waals surface area (Å²) < 4.78 is 23.1. The first-order chi connectivity index (χ1) is 9.15. The fraction of sp³-hybridized carbons (Fsp3) is 0.462. The Kier molecular flexibility index (Phi) is 9.71. The van der Waals surface area contributed by atoms with E-state index in [2.05, 4.69) is 5.32 Å². The number of carbonyl (C=O) groups excluding carboxylic acids is 1. The molecular weight excluding hydrogens is 287 g/mol. The van der Waals surface area contributed by atoms with Crippen molar-refractivity contribution in [3.05, 3.63) is 30.1 Å². The number of nitrogens with two attached hydrogens (primary N) is 1. The van der Waals surface area contributed by atoms with Gasteiger partial charge in [0.05, 0.1) is 19.1 Å². The van der Waals surface area contributed by atoms with Crippen molar-refractivity contribution in [2.75, 3.05) is 26.8 Å². The fourth-order valence-corrected chi connectivity index (χ4v) is 1.46. The summed E-state index contributed by atoms with van der Waals surface area (Å²) in [6, 6.07) is 5.84. The van der Waals surface area contributed by atoms with Crippen molar-refractivity contribution >= 4 is 18.3 Å². The Hall–Kier alpha value is -1.37. The largest absolute Gasteiger partial charge is 0.492 e. The minimum atomic E-state index is -0.354. The highest BCUT2D eigenvalue weighted by Crippen LogP contribution is 2.11. The van der Waals surface area contributed by atoms with E-state index in [-0.39, 0.29) is 43.3 Å². The Balaban J connectivity index is 0.00000361. The van der Waals surface area contributed by atoms with Crippen LogP contribution in [0.1, 0.15) is 6.42 Å². The molecule has 1 aromatic carbocycles. The zero-order chi connectivity index (χ0) is 14.1. The lowest BCUT2D eigenvalue weighted by atomic mass is 10.2. The number of hydrogen-bond acceptors (Lipinski definition) is 4. The normalized spacial score (nSPS) is 11.3. The summed E-state index contributed by atoms with van der Waals surface area (Å²) in [5, 5.41) is 2.67. The van der Waals surface area contributed by atoms with E-state index in [0.717, 1.165) is 0 Å². The Labute approximate surface area is 124 Å². The lowest BCUT2D eigenvalue weighted by Gasteiger charge is -2.12. The maximum atomic E-state index is 12.9. The van der Waals surface area contributed by atoms with Gasteiger partial charge in [0.15, 0.2) is 0 Å². The van der Waals surface area contributed by atoms with Gasteiger partial charge in [-0.3, -0.25) is 4.79 Å². The molecule has 1 aromatic rings. The second kappa shape index (κ2) is 10.4. The van der Waals surface area contributed by atoms with Crippen LogP contribution in [0.25, 0.3) is 0 Å². The third-order valence-corrected chi connectivity index (χ3v) is 2.50. The fourth-order valence-electron chi connectivity index (χ4n) is 1.46. The molecule has 1 unspecified atom stereocenters. The smallest absolute Gasteiger partial charge is 0.222 e. The zero-order valence-electron chi connectivity index (χ0n) is 11.3. The minimum absolute atomic E-state index is 0. The van der Waals surface area contributed by atoms with Crippen LogP contribution in [0.15, 0.2) is 24.3 Å². The molecule has 1 amide bonds. The van der Waals surface area contributed by atoms with Gasteiger partial charge in [-0.05, 0) is 12.1 Å². The van der Waals surface area contributed by atoms with Crippen LogP contribution in [0, 0.1) is 5.82 Å². The molecule has 20 heavy (non-hydrogen) atoms. The molecule has 1 rings (SSSR count). The molecule has 0 fully saturated rings. The van der Waals surface area contributed by atoms with Gasteiger partial charge in [0.25, 0.3) is 0 Å². The highest BCUT2D eigenvalue weighted by Gasteiger charge is 2.10. The second-order valence-electron chi connectivity index (χ2n) is 3.95. The van der Waals surface area contributed by atoms with Gasteiger partial charge in [-0.15, -0.1) is 12.4 Å². The molecule has 0 aliphatic carbocycles. The first kappa shape index (κ1) is 18.6. The van der Waals surface area contributed by atoms with Crippen LogP contribution in [0.5, 0.6) is 5.75 Å². The molecular formula is C13H20ClFN2O3. The van der Waals surface area contributed by atoms with E-state index in [1.165, 1.54) is 19.2 Å². The van der Waals surface area contributed by atoms with Crippen LogP contribution >= 0.6 is 12.4 Å². The molecule has 1 atom stereocenters. The zero-order valence-corrected chi connectivity index (χ0v) is 12.1. The highest BCUT2D eigenvalue weighted by molar-refractivity contribution is 5.85. The van der Waals surface area contributed by atoms with E-state index < -0.39 is 0 Å². The Morgan fingerprint density at radius 2 is 2.25 bits per heavy atom. The molecule has 0 aromatic heterocycles. The average molecular weight is 307 g/mol. The van der Waals surface area contributed by atoms with Crippen molar-refractivity contribution in [2.45, 2.75) is 12.5 Å². The second-order valence-corrected chi connectivity index (χ2v) is 3.95. The molecule has 0 spiro atoms. The van der Waals surface area contributed by atoms with E-state index in [1.807, 2.05) is 0 Å². The summed E-state index contributed by atoms with van der Waals surface area (Å²) in [6.45, 7) is 0.912. The van der Waals surface area contributed by atoms with Crippen molar-refractivity contribution in [1.29, 1.82) is 0 Å². The number of halogens is 2. The number of rotatable bonds is 8. The number of methoxy groups -OCH3 is 1. The molecule has 5 nitrogen and oxygen atoms in total. The van der Waals surface area contributed by atoms with Crippen LogP contribution in [0.3, 0.4) is 0 Å². The van der Waals surface area contributed by atoms with Crippen molar-refractivity contribution in [2.24, 2.45) is 5.73 Å². The molecule has 7 heteroatoms. The summed E-state index contributed by atoms with van der Waals surface area (Å²) >= 11 is 0. The van der Waals surface area contributed by atoms with Crippen molar-refractivity contribution in [1.82, 2.24) is 5.32 Å². The molecule has 0 aliphatic rings. The van der Waals surface area contributed by atoms with Crippen molar-refractivity contribution in [3.8, 4) is 5.75 Å². The SMILES string of the molecule is COC(CN)CC(=O)NCCOc1cccc(F)c1.Cl. The van der Waals surface area contributed by atoms with E-state index in [9.17, 15) is 9.18 Å². The number of hydrogen-bond donors (Lipinski definition) is 2. The Morgan fingerprint density at radius 3 is 2.85 bits per heavy atom. The standard InChI is InChI=1S/C13H19FN2O3.ClH/c1-18-12(9-15)8-13(17)16-5-6-19-11-4-2-3-10(14)7-11;/h2-4,7,12H,5-6,8-9,15H2,1H3,(H,16,17);1H. The quantitative estimate of drug-likeness (QED) is 0.706. The molecule has 0 saturated carbocycles. The monoisotopic (exact) mass is 306 g/mol. The van der Waals surface area contributed by atoms with E-state index >= 15 is 0 Å². The maximum absolute atomic E-state index is 12.9. The summed E-state index contributed by atoms with van der Waals surface area (Å²) in [5.74, 6) is -0.0708. The van der Waals surface area contributed by atoms with Gasteiger partial charge in [0.2, 0.25) is 5.91 Å². The lowest BCUT2D eigenvalue weighted by molar-refractivity contribution is -0.123. The summed E-state index contributed by atoms with van der Waals surface area (Å²) in [7, 11) is 1.51. The topological polar surface area (TPSA) is 73.6 Å². The van der Waals surface area contributed by atoms with Crippen LogP contribution in [-0.4, -0.2) is 38.8 Å². The van der Waals surface area contributed by atoms with Gasteiger partial charge in [-0.1, -0.05) is 6.07 Å². The number of amides is 1. The van der Waals surface area contributed by atoms with Gasteiger partial charge in [0.1, 0.15) is 18.2 Å². The predicted octanol–water partition coefficient (Wildman–Crippen LogP) is 1.11. The van der Waals surface area contributed by atoms with Gasteiger partial charge >= 0.3 is 0 Å². The van der Waals surface area contributed by atoms with Gasteiger partial charge in [-0.2, -0.15) is 0 Å². The van der Waals surface area contributed by atoms with Crippen molar-refractivity contribution in [3.63, 3.8) is 0 Å². The van der Waals surface area contributed by atoms with E-state index in [4.69, 9.17) is 15.2 Å². The van der Waals surface area contributed by atoms with Crippen molar-refractivity contribution < 1.29 is 18.7 Å². The Morgan fingerprint density at radius 1 is 1.50 bits per heavy atom. The highest BCUT2D eigenvalue weighted by atomic mass is 35.5. The van der Waals surface area contributed by atoms with Gasteiger partial charge < -0.3 is 20.5 Å². The minimum Gasteiger partial charge on any atom is -0.492 e. The van der Waals surface area contributed by atoms with Crippen LogP contribution < -0.4 is 15.8 Å². The predicted molar refractivity (Wildman–Crippen MR) is 76.6 cm³/mol. The molecule has 0 heterocycles. The average Bonchev–Trinajstić information content (AvgIpc) is 2.41. The number of ether oxygens (including phenoxy) is 2. The number of nitrogens with one attached hydrogen (secondary N) is 1. The molecule has 0 bridgehead atoms. The molecule has 0 radical (unpaired) electrons. The first-order valence-electron chi connectivity index (χ1n) is 6.03. The van der Waals surface area contributed by atoms with Crippen LogP contribution in [-0.2, 0) is 9.53 Å². The summed E-state index contributed by atoms with van der Waals surface area (Å²) in [4.78, 5) is 11.5. The molecule has 0 saturated heterocycles. The van der Waals surface area contributed by atoms with Crippen LogP contribution in [0.4, 0.5) is 4.39 Å². The Bertz CT molecular complexity index is 403. The number of carbonyl (C=O) groups is 1.